The standard InChI is InChI=1S/C21H20N2O/c22-21(24)20-19-8-4-3-6-17(19)11-12-23(20)14-15-9-10-16-5-1-2-7-18(16)13-15/h1-10,13,20H,11-12,14H2,(H2,22,24). The second kappa shape index (κ2) is 6.10. The number of carbonyl (C=O) groups excluding carboxylic acids is 1. The second-order valence-electron chi connectivity index (χ2n) is 6.41. The van der Waals surface area contributed by atoms with Crippen LogP contribution in [0.3, 0.4) is 0 Å². The molecule has 1 aliphatic rings. The van der Waals surface area contributed by atoms with Crippen LogP contribution >= 0.6 is 0 Å². The summed E-state index contributed by atoms with van der Waals surface area (Å²) in [6.07, 6.45) is 0.952. The van der Waals surface area contributed by atoms with Gasteiger partial charge in [-0.25, -0.2) is 0 Å². The molecule has 3 heteroatoms. The number of rotatable bonds is 3. The molecular weight excluding hydrogens is 296 g/mol. The molecule has 1 heterocycles. The number of carbonyl (C=O) groups is 1. The zero-order valence-electron chi connectivity index (χ0n) is 13.5. The van der Waals surface area contributed by atoms with Crippen LogP contribution in [0.25, 0.3) is 10.8 Å². The molecule has 0 fully saturated rings. The summed E-state index contributed by atoms with van der Waals surface area (Å²) >= 11 is 0. The molecule has 4 rings (SSSR count). The van der Waals surface area contributed by atoms with E-state index in [-0.39, 0.29) is 11.9 Å². The number of primary amides is 1. The lowest BCUT2D eigenvalue weighted by molar-refractivity contribution is -0.124. The van der Waals surface area contributed by atoms with Crippen molar-refractivity contribution in [3.05, 3.63) is 83.4 Å². The summed E-state index contributed by atoms with van der Waals surface area (Å²) in [4.78, 5) is 14.3. The molecule has 0 radical (unpaired) electrons. The van der Waals surface area contributed by atoms with Crippen molar-refractivity contribution in [2.75, 3.05) is 6.54 Å². The van der Waals surface area contributed by atoms with E-state index in [2.05, 4.69) is 47.4 Å². The zero-order valence-corrected chi connectivity index (χ0v) is 13.5. The fourth-order valence-electron chi connectivity index (χ4n) is 3.69. The summed E-state index contributed by atoms with van der Waals surface area (Å²) in [7, 11) is 0. The lowest BCUT2D eigenvalue weighted by Gasteiger charge is -2.35. The van der Waals surface area contributed by atoms with E-state index in [1.807, 2.05) is 24.3 Å². The van der Waals surface area contributed by atoms with Gasteiger partial charge in [0.15, 0.2) is 0 Å². The fourth-order valence-corrected chi connectivity index (χ4v) is 3.69. The highest BCUT2D eigenvalue weighted by atomic mass is 16.1. The van der Waals surface area contributed by atoms with Crippen LogP contribution in [0.4, 0.5) is 0 Å². The Morgan fingerprint density at radius 1 is 1.00 bits per heavy atom. The maximum absolute atomic E-state index is 12.1. The van der Waals surface area contributed by atoms with Crippen molar-refractivity contribution in [3.8, 4) is 0 Å². The molecule has 0 aromatic heterocycles. The highest BCUT2D eigenvalue weighted by Gasteiger charge is 2.31. The van der Waals surface area contributed by atoms with Crippen molar-refractivity contribution in [1.82, 2.24) is 4.90 Å². The average molecular weight is 316 g/mol. The first kappa shape index (κ1) is 14.9. The van der Waals surface area contributed by atoms with Crippen molar-refractivity contribution in [3.63, 3.8) is 0 Å². The molecule has 120 valence electrons. The van der Waals surface area contributed by atoms with Gasteiger partial charge < -0.3 is 5.73 Å². The molecule has 0 saturated carbocycles. The number of amides is 1. The van der Waals surface area contributed by atoms with E-state index < -0.39 is 0 Å². The Bertz CT molecular complexity index is 903. The second-order valence-corrected chi connectivity index (χ2v) is 6.41. The van der Waals surface area contributed by atoms with E-state index in [4.69, 9.17) is 5.73 Å². The Morgan fingerprint density at radius 2 is 1.75 bits per heavy atom. The van der Waals surface area contributed by atoms with Crippen LogP contribution < -0.4 is 5.73 Å². The van der Waals surface area contributed by atoms with Crippen molar-refractivity contribution in [2.24, 2.45) is 5.73 Å². The van der Waals surface area contributed by atoms with Crippen LogP contribution in [-0.4, -0.2) is 17.4 Å². The van der Waals surface area contributed by atoms with Crippen molar-refractivity contribution >= 4 is 16.7 Å². The van der Waals surface area contributed by atoms with Crippen molar-refractivity contribution in [2.45, 2.75) is 19.0 Å². The number of hydrogen-bond donors (Lipinski definition) is 1. The summed E-state index contributed by atoms with van der Waals surface area (Å²) in [5, 5.41) is 2.46. The van der Waals surface area contributed by atoms with Gasteiger partial charge in [0.05, 0.1) is 0 Å². The fraction of sp³-hybridized carbons (Fsp3) is 0.190. The third-order valence-electron chi connectivity index (χ3n) is 4.85. The molecule has 24 heavy (non-hydrogen) atoms. The van der Waals surface area contributed by atoms with Gasteiger partial charge in [-0.2, -0.15) is 0 Å². The summed E-state index contributed by atoms with van der Waals surface area (Å²) in [6, 6.07) is 22.6. The normalized spacial score (nSPS) is 17.6. The lowest BCUT2D eigenvalue weighted by Crippen LogP contribution is -2.42. The Morgan fingerprint density at radius 3 is 2.58 bits per heavy atom. The van der Waals surface area contributed by atoms with E-state index in [0.717, 1.165) is 25.1 Å². The van der Waals surface area contributed by atoms with Gasteiger partial charge in [0, 0.05) is 13.1 Å². The Hall–Kier alpha value is -2.65. The van der Waals surface area contributed by atoms with E-state index >= 15 is 0 Å². The number of fused-ring (bicyclic) bond motifs is 2. The maximum Gasteiger partial charge on any atom is 0.239 e. The summed E-state index contributed by atoms with van der Waals surface area (Å²) in [5.41, 5.74) is 9.23. The predicted molar refractivity (Wildman–Crippen MR) is 96.4 cm³/mol. The quantitative estimate of drug-likeness (QED) is 0.805. The molecule has 1 aliphatic heterocycles. The largest absolute Gasteiger partial charge is 0.368 e. The predicted octanol–water partition coefficient (Wildman–Crippen LogP) is 3.42. The highest BCUT2D eigenvalue weighted by Crippen LogP contribution is 2.31. The SMILES string of the molecule is NC(=O)C1c2ccccc2CCN1Cc1ccc2ccccc2c1. The van der Waals surface area contributed by atoms with Crippen LogP contribution in [0.5, 0.6) is 0 Å². The highest BCUT2D eigenvalue weighted by molar-refractivity contribution is 5.83. The molecule has 0 saturated heterocycles. The van der Waals surface area contributed by atoms with Crippen LogP contribution in [0.1, 0.15) is 22.7 Å². The van der Waals surface area contributed by atoms with Gasteiger partial charge in [-0.3, -0.25) is 9.69 Å². The van der Waals surface area contributed by atoms with Crippen molar-refractivity contribution < 1.29 is 4.79 Å². The van der Waals surface area contributed by atoms with Gasteiger partial charge in [-0.05, 0) is 39.9 Å². The molecule has 2 N–H and O–H groups in total. The third kappa shape index (κ3) is 2.68. The molecule has 1 amide bonds. The van der Waals surface area contributed by atoms with Crippen LogP contribution in [0, 0.1) is 0 Å². The summed E-state index contributed by atoms with van der Waals surface area (Å²) < 4.78 is 0. The first-order valence-electron chi connectivity index (χ1n) is 8.31. The number of hydrogen-bond acceptors (Lipinski definition) is 2. The monoisotopic (exact) mass is 316 g/mol. The Labute approximate surface area is 141 Å². The molecule has 0 bridgehead atoms. The summed E-state index contributed by atoms with van der Waals surface area (Å²) in [5.74, 6) is -0.275. The number of benzene rings is 3. The minimum absolute atomic E-state index is 0.275. The topological polar surface area (TPSA) is 46.3 Å². The minimum Gasteiger partial charge on any atom is -0.368 e. The average Bonchev–Trinajstić information content (AvgIpc) is 2.61. The van der Waals surface area contributed by atoms with Crippen LogP contribution in [0.15, 0.2) is 66.7 Å². The first-order valence-corrected chi connectivity index (χ1v) is 8.31. The van der Waals surface area contributed by atoms with E-state index in [9.17, 15) is 4.79 Å². The molecule has 3 aromatic carbocycles. The van der Waals surface area contributed by atoms with Crippen LogP contribution in [-0.2, 0) is 17.8 Å². The van der Waals surface area contributed by atoms with Gasteiger partial charge in [-0.15, -0.1) is 0 Å². The Balaban J connectivity index is 1.66. The first-order chi connectivity index (χ1) is 11.7. The molecule has 3 aromatic rings. The molecular formula is C21H20N2O. The van der Waals surface area contributed by atoms with Gasteiger partial charge in [0.25, 0.3) is 0 Å². The Kier molecular flexibility index (Phi) is 3.79. The van der Waals surface area contributed by atoms with Crippen LogP contribution in [0.2, 0.25) is 0 Å². The maximum atomic E-state index is 12.1. The van der Waals surface area contributed by atoms with Gasteiger partial charge in [0.1, 0.15) is 6.04 Å². The third-order valence-corrected chi connectivity index (χ3v) is 4.85. The number of nitrogens with zero attached hydrogens (tertiary/aromatic N) is 1. The molecule has 0 spiro atoms. The molecule has 3 nitrogen and oxygen atoms in total. The van der Waals surface area contributed by atoms with Crippen molar-refractivity contribution in [1.29, 1.82) is 0 Å². The van der Waals surface area contributed by atoms with E-state index in [0.29, 0.717) is 0 Å². The lowest BCUT2D eigenvalue weighted by atomic mass is 9.91. The van der Waals surface area contributed by atoms with E-state index in [1.54, 1.807) is 0 Å². The minimum atomic E-state index is -0.346. The molecule has 1 unspecified atom stereocenters. The zero-order chi connectivity index (χ0) is 16.5. The smallest absolute Gasteiger partial charge is 0.239 e. The van der Waals surface area contributed by atoms with Gasteiger partial charge in [-0.1, -0.05) is 60.7 Å². The number of nitrogens with two attached hydrogens (primary N) is 1. The summed E-state index contributed by atoms with van der Waals surface area (Å²) in [6.45, 7) is 1.57. The van der Waals surface area contributed by atoms with Gasteiger partial charge >= 0.3 is 0 Å². The molecule has 1 atom stereocenters. The molecule has 0 aliphatic carbocycles. The van der Waals surface area contributed by atoms with Gasteiger partial charge in [0.2, 0.25) is 5.91 Å². The van der Waals surface area contributed by atoms with E-state index in [1.165, 1.54) is 21.9 Å².